The summed E-state index contributed by atoms with van der Waals surface area (Å²) in [6, 6.07) is 10.2. The predicted octanol–water partition coefficient (Wildman–Crippen LogP) is 4.89. The molecule has 0 aliphatic rings. The number of rotatable bonds is 2. The van der Waals surface area contributed by atoms with Crippen molar-refractivity contribution < 1.29 is 9.50 Å². The molecule has 5 heteroatoms. The highest BCUT2D eigenvalue weighted by atomic mass is 79.9. The molecule has 0 spiro atoms. The summed E-state index contributed by atoms with van der Waals surface area (Å²) in [6.07, 6.45) is 0. The van der Waals surface area contributed by atoms with E-state index < -0.39 is 0 Å². The van der Waals surface area contributed by atoms with E-state index in [1.54, 1.807) is 18.2 Å². The first kappa shape index (κ1) is 14.1. The lowest BCUT2D eigenvalue weighted by Crippen LogP contribution is -2.03. The van der Waals surface area contributed by atoms with Gasteiger partial charge in [0.1, 0.15) is 17.1 Å². The molecule has 0 aliphatic carbocycles. The van der Waals surface area contributed by atoms with Crippen LogP contribution < -0.4 is 0 Å². The van der Waals surface area contributed by atoms with Gasteiger partial charge in [0.2, 0.25) is 0 Å². The van der Waals surface area contributed by atoms with Crippen LogP contribution in [0.5, 0.6) is 5.75 Å². The third-order valence-electron chi connectivity index (χ3n) is 3.39. The molecule has 21 heavy (non-hydrogen) atoms. The molecule has 0 aliphatic heterocycles. The summed E-state index contributed by atoms with van der Waals surface area (Å²) in [5.41, 5.74) is 1.63. The molecule has 3 rings (SSSR count). The first-order chi connectivity index (χ1) is 9.99. The SMILES string of the molecule is CC(C)n1c(-c2ccc(Br)cc2O)nc2c(F)cccc21. The molecule has 3 nitrogen and oxygen atoms in total. The van der Waals surface area contributed by atoms with Gasteiger partial charge in [-0.25, -0.2) is 9.37 Å². The van der Waals surface area contributed by atoms with Crippen LogP contribution in [0.15, 0.2) is 40.9 Å². The van der Waals surface area contributed by atoms with E-state index in [9.17, 15) is 9.50 Å². The van der Waals surface area contributed by atoms with E-state index >= 15 is 0 Å². The molecular weight excluding hydrogens is 335 g/mol. The summed E-state index contributed by atoms with van der Waals surface area (Å²) < 4.78 is 16.7. The molecule has 108 valence electrons. The van der Waals surface area contributed by atoms with Gasteiger partial charge in [-0.05, 0) is 44.2 Å². The van der Waals surface area contributed by atoms with Crippen LogP contribution in [0.3, 0.4) is 0 Å². The number of fused-ring (bicyclic) bond motifs is 1. The van der Waals surface area contributed by atoms with E-state index in [-0.39, 0.29) is 17.6 Å². The molecule has 0 saturated carbocycles. The normalized spacial score (nSPS) is 11.5. The smallest absolute Gasteiger partial charge is 0.151 e. The fourth-order valence-corrected chi connectivity index (χ4v) is 2.84. The Bertz CT molecular complexity index is 827. The lowest BCUT2D eigenvalue weighted by Gasteiger charge is -2.14. The Morgan fingerprint density at radius 3 is 2.67 bits per heavy atom. The number of hydrogen-bond acceptors (Lipinski definition) is 2. The second kappa shape index (κ2) is 5.15. The minimum atomic E-state index is -0.357. The van der Waals surface area contributed by atoms with Gasteiger partial charge in [0.25, 0.3) is 0 Å². The molecule has 1 heterocycles. The summed E-state index contributed by atoms with van der Waals surface area (Å²) >= 11 is 3.32. The number of aromatic hydroxyl groups is 1. The van der Waals surface area contributed by atoms with Crippen LogP contribution in [-0.2, 0) is 0 Å². The maximum Gasteiger partial charge on any atom is 0.151 e. The van der Waals surface area contributed by atoms with Gasteiger partial charge in [-0.2, -0.15) is 0 Å². The second-order valence-electron chi connectivity index (χ2n) is 5.17. The molecule has 0 atom stereocenters. The largest absolute Gasteiger partial charge is 0.507 e. The Morgan fingerprint density at radius 1 is 1.24 bits per heavy atom. The van der Waals surface area contributed by atoms with E-state index in [2.05, 4.69) is 20.9 Å². The second-order valence-corrected chi connectivity index (χ2v) is 6.08. The third-order valence-corrected chi connectivity index (χ3v) is 3.88. The first-order valence-corrected chi connectivity index (χ1v) is 7.43. The van der Waals surface area contributed by atoms with Crippen LogP contribution in [0.4, 0.5) is 4.39 Å². The standard InChI is InChI=1S/C16H14BrFN2O/c1-9(2)20-13-5-3-4-12(18)15(13)19-16(20)11-7-6-10(17)8-14(11)21/h3-9,21H,1-2H3. The molecule has 0 fully saturated rings. The van der Waals surface area contributed by atoms with Crippen LogP contribution in [0, 0.1) is 5.82 Å². The molecule has 3 aromatic rings. The third kappa shape index (κ3) is 2.31. The molecule has 0 bridgehead atoms. The number of phenols is 1. The highest BCUT2D eigenvalue weighted by molar-refractivity contribution is 9.10. The number of aromatic nitrogens is 2. The van der Waals surface area contributed by atoms with Crippen molar-refractivity contribution in [2.75, 3.05) is 0 Å². The van der Waals surface area contributed by atoms with Crippen LogP contribution in [0.25, 0.3) is 22.4 Å². The summed E-state index contributed by atoms with van der Waals surface area (Å²) in [5.74, 6) is 0.321. The Hall–Kier alpha value is -1.88. The number of phenolic OH excluding ortho intramolecular Hbond substituents is 1. The quantitative estimate of drug-likeness (QED) is 0.715. The number of imidazole rings is 1. The summed E-state index contributed by atoms with van der Waals surface area (Å²) in [6.45, 7) is 4.01. The molecule has 1 N–H and O–H groups in total. The lowest BCUT2D eigenvalue weighted by atomic mass is 10.2. The lowest BCUT2D eigenvalue weighted by molar-refractivity contribution is 0.475. The van der Waals surface area contributed by atoms with Gasteiger partial charge in [0, 0.05) is 10.5 Å². The topological polar surface area (TPSA) is 38.0 Å². The fraction of sp³-hybridized carbons (Fsp3) is 0.188. The molecule has 2 aromatic carbocycles. The van der Waals surface area contributed by atoms with E-state index in [4.69, 9.17) is 0 Å². The molecular formula is C16H14BrFN2O. The zero-order valence-corrected chi connectivity index (χ0v) is 13.2. The Balaban J connectivity index is 2.36. The van der Waals surface area contributed by atoms with Gasteiger partial charge in [-0.3, -0.25) is 0 Å². The van der Waals surface area contributed by atoms with Gasteiger partial charge in [-0.15, -0.1) is 0 Å². The first-order valence-electron chi connectivity index (χ1n) is 6.64. The average molecular weight is 349 g/mol. The number of hydrogen-bond donors (Lipinski definition) is 1. The zero-order chi connectivity index (χ0) is 15.1. The van der Waals surface area contributed by atoms with Crippen molar-refractivity contribution in [3.8, 4) is 17.1 Å². The molecule has 0 saturated heterocycles. The number of halogens is 2. The fourth-order valence-electron chi connectivity index (χ4n) is 2.49. The summed E-state index contributed by atoms with van der Waals surface area (Å²) in [5, 5.41) is 10.2. The molecule has 0 amide bonds. The Labute approximate surface area is 130 Å². The Morgan fingerprint density at radius 2 is 2.00 bits per heavy atom. The highest BCUT2D eigenvalue weighted by Gasteiger charge is 2.19. The molecule has 0 radical (unpaired) electrons. The maximum absolute atomic E-state index is 14.0. The van der Waals surface area contributed by atoms with Crippen molar-refractivity contribution in [2.24, 2.45) is 0 Å². The van der Waals surface area contributed by atoms with Crippen LogP contribution in [0.1, 0.15) is 19.9 Å². The number of para-hydroxylation sites is 1. The number of nitrogens with zero attached hydrogens (tertiary/aromatic N) is 2. The van der Waals surface area contributed by atoms with Crippen molar-refractivity contribution in [3.63, 3.8) is 0 Å². The van der Waals surface area contributed by atoms with Crippen LogP contribution in [0.2, 0.25) is 0 Å². The van der Waals surface area contributed by atoms with Crippen molar-refractivity contribution in [1.29, 1.82) is 0 Å². The van der Waals surface area contributed by atoms with E-state index in [0.29, 0.717) is 16.9 Å². The molecule has 0 unspecified atom stereocenters. The predicted molar refractivity (Wildman–Crippen MR) is 84.9 cm³/mol. The molecule has 1 aromatic heterocycles. The summed E-state index contributed by atoms with van der Waals surface area (Å²) in [7, 11) is 0. The minimum absolute atomic E-state index is 0.0925. The van der Waals surface area contributed by atoms with Gasteiger partial charge < -0.3 is 9.67 Å². The maximum atomic E-state index is 14.0. The van der Waals surface area contributed by atoms with Gasteiger partial charge >= 0.3 is 0 Å². The van der Waals surface area contributed by atoms with Crippen molar-refractivity contribution in [2.45, 2.75) is 19.9 Å². The monoisotopic (exact) mass is 348 g/mol. The minimum Gasteiger partial charge on any atom is -0.507 e. The average Bonchev–Trinajstić information content (AvgIpc) is 2.79. The van der Waals surface area contributed by atoms with Crippen LogP contribution in [-0.4, -0.2) is 14.7 Å². The summed E-state index contributed by atoms with van der Waals surface area (Å²) in [4.78, 5) is 4.41. The van der Waals surface area contributed by atoms with Gasteiger partial charge in [0.05, 0.1) is 11.1 Å². The van der Waals surface area contributed by atoms with E-state index in [0.717, 1.165) is 9.99 Å². The highest BCUT2D eigenvalue weighted by Crippen LogP contribution is 2.35. The van der Waals surface area contributed by atoms with E-state index in [1.807, 2.05) is 30.5 Å². The Kier molecular flexibility index (Phi) is 3.45. The van der Waals surface area contributed by atoms with Crippen LogP contribution >= 0.6 is 15.9 Å². The van der Waals surface area contributed by atoms with Crippen molar-refractivity contribution in [3.05, 3.63) is 46.7 Å². The van der Waals surface area contributed by atoms with Gasteiger partial charge in [0.15, 0.2) is 5.82 Å². The number of benzene rings is 2. The van der Waals surface area contributed by atoms with Gasteiger partial charge in [-0.1, -0.05) is 22.0 Å². The zero-order valence-electron chi connectivity index (χ0n) is 11.6. The van der Waals surface area contributed by atoms with Crippen molar-refractivity contribution in [1.82, 2.24) is 9.55 Å². The van der Waals surface area contributed by atoms with E-state index in [1.165, 1.54) is 6.07 Å². The van der Waals surface area contributed by atoms with Crippen molar-refractivity contribution >= 4 is 27.0 Å².